The van der Waals surface area contributed by atoms with Gasteiger partial charge in [-0.1, -0.05) is 20.8 Å². The molecule has 8 nitrogen and oxygen atoms in total. The Morgan fingerprint density at radius 1 is 0.973 bits per heavy atom. The number of hydrogen-bond donors (Lipinski definition) is 3. The minimum absolute atomic E-state index is 0.0879. The van der Waals surface area contributed by atoms with Crippen LogP contribution in [-0.2, 0) is 4.79 Å². The topological polar surface area (TPSA) is 112 Å². The van der Waals surface area contributed by atoms with Crippen molar-refractivity contribution >= 4 is 44.9 Å². The summed E-state index contributed by atoms with van der Waals surface area (Å²) < 4.78 is 13.7. The van der Waals surface area contributed by atoms with Crippen LogP contribution in [0.25, 0.3) is 55.0 Å². The summed E-state index contributed by atoms with van der Waals surface area (Å²) in [5.74, 6) is -0.0879. The number of hydrogen-bond acceptors (Lipinski definition) is 6. The quantitative estimate of drug-likeness (QED) is 0.253. The maximum atomic E-state index is 13.7. The lowest BCUT2D eigenvalue weighted by molar-refractivity contribution is -0.123. The first kappa shape index (κ1) is 23.0. The lowest BCUT2D eigenvalue weighted by Gasteiger charge is -2.17. The molecular weight excluding hydrogens is 489 g/mol. The molecule has 37 heavy (non-hydrogen) atoms. The molecule has 3 N–H and O–H groups in total. The van der Waals surface area contributed by atoms with Crippen LogP contribution in [0.1, 0.15) is 20.8 Å². The number of nitrogens with one attached hydrogen (secondary N) is 3. The van der Waals surface area contributed by atoms with Gasteiger partial charge in [0.05, 0.1) is 28.1 Å². The molecule has 0 aromatic carbocycles. The smallest absolute Gasteiger partial charge is 0.229 e. The molecular formula is C27H22FN7OS. The highest BCUT2D eigenvalue weighted by Crippen LogP contribution is 2.35. The van der Waals surface area contributed by atoms with E-state index in [9.17, 15) is 9.18 Å². The monoisotopic (exact) mass is 511 g/mol. The molecule has 0 aliphatic carbocycles. The minimum atomic E-state index is -0.519. The Balaban J connectivity index is 1.40. The first-order chi connectivity index (χ1) is 17.8. The second-order valence-electron chi connectivity index (χ2n) is 9.77. The summed E-state index contributed by atoms with van der Waals surface area (Å²) in [7, 11) is 0. The van der Waals surface area contributed by atoms with E-state index in [1.165, 1.54) is 6.07 Å². The molecule has 0 spiro atoms. The van der Waals surface area contributed by atoms with Crippen LogP contribution in [0.2, 0.25) is 0 Å². The highest BCUT2D eigenvalue weighted by molar-refractivity contribution is 7.13. The van der Waals surface area contributed by atoms with Gasteiger partial charge < -0.3 is 10.3 Å². The van der Waals surface area contributed by atoms with Gasteiger partial charge in [0.15, 0.2) is 10.8 Å². The molecule has 0 saturated carbocycles. The molecule has 6 aromatic heterocycles. The zero-order valence-corrected chi connectivity index (χ0v) is 21.1. The predicted molar refractivity (Wildman–Crippen MR) is 144 cm³/mol. The van der Waals surface area contributed by atoms with E-state index in [-0.39, 0.29) is 11.0 Å². The van der Waals surface area contributed by atoms with Gasteiger partial charge in [-0.25, -0.2) is 4.98 Å². The standard InChI is InChI=1S/C27H22FN7OS/c1-27(2,3)26(36)32-16-8-14(11-29-13-16)15-9-18-23(34-35-25(18)31-12-15)20-10-17-19(33-20)6-7-30-24(17)21-4-5-22(28)37-21/h4-13,33H,1-3H3,(H,32,36)(H,31,34,35). The van der Waals surface area contributed by atoms with Crippen LogP contribution in [-0.4, -0.2) is 36.0 Å². The highest BCUT2D eigenvalue weighted by atomic mass is 32.1. The van der Waals surface area contributed by atoms with Gasteiger partial charge in [-0.3, -0.25) is 19.9 Å². The van der Waals surface area contributed by atoms with Crippen molar-refractivity contribution in [2.75, 3.05) is 5.32 Å². The number of fused-ring (bicyclic) bond motifs is 2. The molecule has 0 saturated heterocycles. The lowest BCUT2D eigenvalue weighted by Crippen LogP contribution is -2.27. The maximum Gasteiger partial charge on any atom is 0.229 e. The van der Waals surface area contributed by atoms with Gasteiger partial charge >= 0.3 is 0 Å². The lowest BCUT2D eigenvalue weighted by atomic mass is 9.95. The Kier molecular flexibility index (Phi) is 5.34. The largest absolute Gasteiger partial charge is 0.353 e. The van der Waals surface area contributed by atoms with Crippen LogP contribution in [0.5, 0.6) is 0 Å². The Morgan fingerprint density at radius 2 is 1.81 bits per heavy atom. The zero-order chi connectivity index (χ0) is 25.7. The number of carbonyl (C=O) groups is 1. The van der Waals surface area contributed by atoms with E-state index in [0.29, 0.717) is 22.7 Å². The molecule has 184 valence electrons. The maximum absolute atomic E-state index is 13.7. The van der Waals surface area contributed by atoms with Crippen LogP contribution in [0.15, 0.2) is 61.2 Å². The summed E-state index contributed by atoms with van der Waals surface area (Å²) in [6.07, 6.45) is 6.81. The van der Waals surface area contributed by atoms with Crippen LogP contribution in [0, 0.1) is 10.5 Å². The molecule has 10 heteroatoms. The summed E-state index contributed by atoms with van der Waals surface area (Å²) in [5.41, 5.74) is 5.47. The van der Waals surface area contributed by atoms with Gasteiger partial charge in [0, 0.05) is 51.4 Å². The highest BCUT2D eigenvalue weighted by Gasteiger charge is 2.21. The van der Waals surface area contributed by atoms with E-state index < -0.39 is 5.41 Å². The van der Waals surface area contributed by atoms with E-state index in [2.05, 4.69) is 35.5 Å². The van der Waals surface area contributed by atoms with Crippen molar-refractivity contribution in [2.24, 2.45) is 5.41 Å². The Bertz CT molecular complexity index is 1790. The third-order valence-electron chi connectivity index (χ3n) is 6.04. The molecule has 0 fully saturated rings. The molecule has 6 rings (SSSR count). The molecule has 0 unspecified atom stereocenters. The zero-order valence-electron chi connectivity index (χ0n) is 20.3. The van der Waals surface area contributed by atoms with Gasteiger partial charge in [-0.15, -0.1) is 11.3 Å². The number of pyridine rings is 3. The number of aromatic amines is 2. The van der Waals surface area contributed by atoms with E-state index >= 15 is 0 Å². The van der Waals surface area contributed by atoms with Crippen LogP contribution >= 0.6 is 11.3 Å². The number of anilines is 1. The molecule has 1 amide bonds. The predicted octanol–water partition coefficient (Wildman–Crippen LogP) is 6.42. The number of amides is 1. The fraction of sp³-hybridized carbons (Fsp3) is 0.148. The van der Waals surface area contributed by atoms with Crippen molar-refractivity contribution in [1.82, 2.24) is 30.1 Å². The molecule has 0 bridgehead atoms. The number of thiophene rings is 1. The van der Waals surface area contributed by atoms with Crippen molar-refractivity contribution < 1.29 is 9.18 Å². The average Bonchev–Trinajstić information content (AvgIpc) is 3.60. The van der Waals surface area contributed by atoms with Gasteiger partial charge in [-0.05, 0) is 36.4 Å². The van der Waals surface area contributed by atoms with E-state index in [4.69, 9.17) is 0 Å². The second-order valence-corrected chi connectivity index (χ2v) is 10.8. The number of nitrogens with zero attached hydrogens (tertiary/aromatic N) is 4. The summed E-state index contributed by atoms with van der Waals surface area (Å²) >= 11 is 1.06. The van der Waals surface area contributed by atoms with E-state index in [0.717, 1.165) is 49.3 Å². The van der Waals surface area contributed by atoms with Gasteiger partial charge in [0.25, 0.3) is 0 Å². The van der Waals surface area contributed by atoms with Crippen LogP contribution < -0.4 is 5.32 Å². The molecule has 6 aromatic rings. The van der Waals surface area contributed by atoms with Crippen LogP contribution in [0.4, 0.5) is 10.1 Å². The van der Waals surface area contributed by atoms with Gasteiger partial charge in [0.2, 0.25) is 5.91 Å². The molecule has 0 aliphatic rings. The van der Waals surface area contributed by atoms with Gasteiger partial charge in [0.1, 0.15) is 5.69 Å². The van der Waals surface area contributed by atoms with Crippen molar-refractivity contribution in [1.29, 1.82) is 0 Å². The fourth-order valence-corrected chi connectivity index (χ4v) is 4.81. The molecule has 6 heterocycles. The van der Waals surface area contributed by atoms with Crippen molar-refractivity contribution in [3.8, 4) is 33.1 Å². The minimum Gasteiger partial charge on any atom is -0.353 e. The van der Waals surface area contributed by atoms with E-state index in [1.807, 2.05) is 45.0 Å². The first-order valence-corrected chi connectivity index (χ1v) is 12.4. The van der Waals surface area contributed by atoms with Crippen molar-refractivity contribution in [3.63, 3.8) is 0 Å². The summed E-state index contributed by atoms with van der Waals surface area (Å²) in [6.45, 7) is 5.58. The normalized spacial score (nSPS) is 11.9. The third kappa shape index (κ3) is 4.25. The molecule has 0 aliphatic heterocycles. The summed E-state index contributed by atoms with van der Waals surface area (Å²) in [4.78, 5) is 30.0. The number of rotatable bonds is 4. The van der Waals surface area contributed by atoms with E-state index in [1.54, 1.807) is 30.9 Å². The fourth-order valence-electron chi connectivity index (χ4n) is 4.07. The molecule has 0 radical (unpaired) electrons. The Hall–Kier alpha value is -4.44. The number of halogens is 1. The van der Waals surface area contributed by atoms with Crippen molar-refractivity contribution in [2.45, 2.75) is 20.8 Å². The number of H-pyrrole nitrogens is 2. The summed E-state index contributed by atoms with van der Waals surface area (Å²) in [5, 5.41) is 11.9. The number of aromatic nitrogens is 6. The summed E-state index contributed by atoms with van der Waals surface area (Å²) in [6, 6.07) is 10.9. The first-order valence-electron chi connectivity index (χ1n) is 11.6. The number of carbonyl (C=O) groups excluding carboxylic acids is 1. The SMILES string of the molecule is CC(C)(C)C(=O)Nc1cncc(-c2cnc3[nH]nc(-c4cc5c(-c6ccc(F)s6)nccc5[nH]4)c3c2)c1. The molecule has 0 atom stereocenters. The van der Waals surface area contributed by atoms with Crippen LogP contribution in [0.3, 0.4) is 0 Å². The van der Waals surface area contributed by atoms with Crippen molar-refractivity contribution in [3.05, 3.63) is 66.3 Å². The third-order valence-corrected chi connectivity index (χ3v) is 6.92. The Morgan fingerprint density at radius 3 is 2.59 bits per heavy atom. The Labute approximate surface area is 215 Å². The average molecular weight is 512 g/mol. The second kappa shape index (κ2) is 8.59. The van der Waals surface area contributed by atoms with Gasteiger partial charge in [-0.2, -0.15) is 9.49 Å².